The molecule has 4 fully saturated rings. The van der Waals surface area contributed by atoms with Gasteiger partial charge in [0.1, 0.15) is 36.3 Å². The van der Waals surface area contributed by atoms with Crippen LogP contribution in [0, 0.1) is 5.92 Å². The van der Waals surface area contributed by atoms with Crippen LogP contribution < -0.4 is 16.2 Å². The molecule has 7 atom stereocenters. The van der Waals surface area contributed by atoms with E-state index < -0.39 is 65.8 Å². The summed E-state index contributed by atoms with van der Waals surface area (Å²) >= 11 is 0. The third-order valence-electron chi connectivity index (χ3n) is 11.8. The van der Waals surface area contributed by atoms with Gasteiger partial charge in [-0.3, -0.25) is 38.8 Å². The Balaban J connectivity index is 1.45. The van der Waals surface area contributed by atoms with E-state index in [4.69, 9.17) is 0 Å². The van der Waals surface area contributed by atoms with Gasteiger partial charge < -0.3 is 20.0 Å². The van der Waals surface area contributed by atoms with Crippen LogP contribution in [-0.2, 0) is 41.6 Å². The van der Waals surface area contributed by atoms with Crippen LogP contribution in [0.1, 0.15) is 69.9 Å². The number of likely N-dealkylation sites (N-methyl/N-ethyl adjacent to an activating group) is 2. The highest BCUT2D eigenvalue weighted by Crippen LogP contribution is 2.27. The Morgan fingerprint density at radius 1 is 0.636 bits per heavy atom. The predicted octanol–water partition coefficient (Wildman–Crippen LogP) is 1.65. The highest BCUT2D eigenvalue weighted by Gasteiger charge is 2.47. The number of nitrogens with zero attached hydrogens (tertiary/aromatic N) is 5. The average molecular weight is 757 g/mol. The first-order valence-corrected chi connectivity index (χ1v) is 19.9. The summed E-state index contributed by atoms with van der Waals surface area (Å²) in [6, 6.07) is 13.0. The number of hydrazine groups is 2. The molecule has 4 aliphatic heterocycles. The summed E-state index contributed by atoms with van der Waals surface area (Å²) in [5, 5.41) is 5.73. The summed E-state index contributed by atoms with van der Waals surface area (Å²) in [6.45, 7) is 5.06. The molecule has 6 amide bonds. The SMILES string of the molecule is CC[C@H](C)[C@H]1C(=O)N2NCCC[C@@H]2C(=O)N2NCCC[C@@H]2C(=O)N(C)[C@H](Cc2ccccc2)C(=O)N2CCC[C@@H]2C(=O)N[C@H](Cc2ccccc2)C(=O)N1C. The monoisotopic (exact) mass is 756 g/mol. The molecule has 2 aromatic rings. The Hall–Kier alpha value is -4.82. The van der Waals surface area contributed by atoms with Crippen LogP contribution in [0.2, 0.25) is 0 Å². The van der Waals surface area contributed by atoms with Gasteiger partial charge in [-0.2, -0.15) is 0 Å². The van der Waals surface area contributed by atoms with Crippen molar-refractivity contribution in [3.8, 4) is 0 Å². The molecule has 0 spiro atoms. The van der Waals surface area contributed by atoms with E-state index in [-0.39, 0.29) is 24.7 Å². The molecule has 55 heavy (non-hydrogen) atoms. The van der Waals surface area contributed by atoms with E-state index in [1.807, 2.05) is 74.5 Å². The Morgan fingerprint density at radius 3 is 1.78 bits per heavy atom. The van der Waals surface area contributed by atoms with E-state index in [9.17, 15) is 28.8 Å². The van der Waals surface area contributed by atoms with E-state index in [2.05, 4.69) is 16.2 Å². The van der Waals surface area contributed by atoms with Gasteiger partial charge >= 0.3 is 0 Å². The first-order valence-electron chi connectivity index (χ1n) is 19.9. The molecule has 0 radical (unpaired) electrons. The molecule has 0 bridgehead atoms. The fourth-order valence-corrected chi connectivity index (χ4v) is 8.53. The van der Waals surface area contributed by atoms with Crippen LogP contribution in [0.15, 0.2) is 60.7 Å². The van der Waals surface area contributed by atoms with Gasteiger partial charge in [-0.1, -0.05) is 80.9 Å². The quantitative estimate of drug-likeness (QED) is 0.403. The zero-order chi connectivity index (χ0) is 39.2. The topological polar surface area (TPSA) is 155 Å². The van der Waals surface area contributed by atoms with Crippen molar-refractivity contribution in [2.24, 2.45) is 5.92 Å². The van der Waals surface area contributed by atoms with Crippen molar-refractivity contribution in [1.29, 1.82) is 0 Å². The van der Waals surface area contributed by atoms with Gasteiger partial charge in [-0.05, 0) is 55.6 Å². The number of fused-ring (bicyclic) bond motifs is 3. The van der Waals surface area contributed by atoms with Crippen LogP contribution in [0.25, 0.3) is 0 Å². The second kappa shape index (κ2) is 17.8. The smallest absolute Gasteiger partial charge is 0.261 e. The molecule has 0 saturated carbocycles. The fourth-order valence-electron chi connectivity index (χ4n) is 8.53. The summed E-state index contributed by atoms with van der Waals surface area (Å²) in [6.07, 6.45) is 3.85. The molecule has 0 unspecified atom stereocenters. The fraction of sp³-hybridized carbons (Fsp3) is 0.561. The largest absolute Gasteiger partial charge is 0.342 e. The Bertz CT molecular complexity index is 1710. The molecule has 3 N–H and O–H groups in total. The minimum Gasteiger partial charge on any atom is -0.342 e. The summed E-state index contributed by atoms with van der Waals surface area (Å²) < 4.78 is 0. The summed E-state index contributed by atoms with van der Waals surface area (Å²) in [5.74, 6) is -2.83. The Labute approximate surface area is 323 Å². The lowest BCUT2D eigenvalue weighted by Gasteiger charge is -2.45. The number of nitrogens with one attached hydrogen (secondary N) is 3. The van der Waals surface area contributed by atoms with Crippen molar-refractivity contribution in [2.75, 3.05) is 33.7 Å². The van der Waals surface area contributed by atoms with Crippen LogP contribution >= 0.6 is 0 Å². The molecule has 4 aliphatic rings. The van der Waals surface area contributed by atoms with Gasteiger partial charge in [0.25, 0.3) is 11.8 Å². The number of hydrogen-bond donors (Lipinski definition) is 3. The van der Waals surface area contributed by atoms with E-state index in [0.29, 0.717) is 64.6 Å². The number of hydrogen-bond acceptors (Lipinski definition) is 8. The maximum Gasteiger partial charge on any atom is 0.261 e. The molecule has 14 heteroatoms. The van der Waals surface area contributed by atoms with Gasteiger partial charge in [0, 0.05) is 46.6 Å². The van der Waals surface area contributed by atoms with Crippen molar-refractivity contribution in [2.45, 2.75) is 108 Å². The van der Waals surface area contributed by atoms with Crippen molar-refractivity contribution >= 4 is 35.4 Å². The molecule has 4 heterocycles. The van der Waals surface area contributed by atoms with E-state index in [0.717, 1.165) is 11.1 Å². The van der Waals surface area contributed by atoms with Gasteiger partial charge in [0.05, 0.1) is 0 Å². The molecular formula is C41H56N8O6. The summed E-state index contributed by atoms with van der Waals surface area (Å²) in [4.78, 5) is 92.2. The molecule has 296 valence electrons. The van der Waals surface area contributed by atoms with Gasteiger partial charge in [0.2, 0.25) is 23.6 Å². The highest BCUT2D eigenvalue weighted by molar-refractivity contribution is 5.98. The van der Waals surface area contributed by atoms with Crippen LogP contribution in [0.5, 0.6) is 0 Å². The third-order valence-corrected chi connectivity index (χ3v) is 11.8. The summed E-state index contributed by atoms with van der Waals surface area (Å²) in [7, 11) is 3.17. The standard InChI is InChI=1S/C41H56N8O6/c1-5-27(2)35-41(55)49-33(20-13-23-43-49)40(54)48-32(19-12-22-42-48)38(52)45(3)34(26-29-17-10-7-11-18-29)39(53)47-24-14-21-31(47)36(50)44-30(37(51)46(35)4)25-28-15-8-6-9-16-28/h6-11,15-18,27,30-35,42-43H,5,12-14,19-26H2,1-4H3,(H,44,50)/t27-,30+,31+,32+,33+,34+,35-/m0/s1. The molecule has 6 rings (SSSR count). The number of rotatable bonds is 6. The zero-order valence-corrected chi connectivity index (χ0v) is 32.5. The van der Waals surface area contributed by atoms with Gasteiger partial charge in [-0.25, -0.2) is 10.9 Å². The lowest BCUT2D eigenvalue weighted by atomic mass is 9.94. The molecule has 0 aromatic heterocycles. The number of amides is 6. The number of carbonyl (C=O) groups excluding carboxylic acids is 6. The first-order chi connectivity index (χ1) is 26.5. The van der Waals surface area contributed by atoms with Crippen molar-refractivity contribution in [3.63, 3.8) is 0 Å². The number of carbonyl (C=O) groups is 6. The third kappa shape index (κ3) is 8.55. The lowest BCUT2D eigenvalue weighted by molar-refractivity contribution is -0.165. The average Bonchev–Trinajstić information content (AvgIpc) is 3.72. The van der Waals surface area contributed by atoms with E-state index >= 15 is 0 Å². The second-order valence-electron chi connectivity index (χ2n) is 15.4. The lowest BCUT2D eigenvalue weighted by Crippen LogP contribution is -2.69. The highest BCUT2D eigenvalue weighted by atomic mass is 16.2. The Morgan fingerprint density at radius 2 is 1.18 bits per heavy atom. The molecular weight excluding hydrogens is 701 g/mol. The molecule has 4 saturated heterocycles. The van der Waals surface area contributed by atoms with E-state index in [1.165, 1.54) is 19.8 Å². The molecule has 2 aromatic carbocycles. The number of benzene rings is 2. The minimum atomic E-state index is -1.05. The van der Waals surface area contributed by atoms with Crippen molar-refractivity contribution in [1.82, 2.24) is 40.9 Å². The molecule has 14 nitrogen and oxygen atoms in total. The van der Waals surface area contributed by atoms with Crippen molar-refractivity contribution in [3.05, 3.63) is 71.8 Å². The van der Waals surface area contributed by atoms with Gasteiger partial charge in [-0.15, -0.1) is 0 Å². The van der Waals surface area contributed by atoms with Crippen LogP contribution in [0.3, 0.4) is 0 Å². The van der Waals surface area contributed by atoms with Gasteiger partial charge in [0.15, 0.2) is 0 Å². The second-order valence-corrected chi connectivity index (χ2v) is 15.4. The minimum absolute atomic E-state index is 0.163. The maximum absolute atomic E-state index is 14.8. The van der Waals surface area contributed by atoms with E-state index in [1.54, 1.807) is 19.0 Å². The normalized spacial score (nSPS) is 28.3. The van der Waals surface area contributed by atoms with Crippen molar-refractivity contribution < 1.29 is 28.8 Å². The predicted molar refractivity (Wildman–Crippen MR) is 205 cm³/mol. The van der Waals surface area contributed by atoms with Crippen LogP contribution in [-0.4, -0.2) is 130 Å². The Kier molecular flexibility index (Phi) is 12.9. The zero-order valence-electron chi connectivity index (χ0n) is 32.5. The maximum atomic E-state index is 14.8. The first kappa shape index (κ1) is 39.9. The van der Waals surface area contributed by atoms with Crippen LogP contribution in [0.4, 0.5) is 0 Å². The molecule has 0 aliphatic carbocycles. The summed E-state index contributed by atoms with van der Waals surface area (Å²) in [5.41, 5.74) is 7.97.